The van der Waals surface area contributed by atoms with Crippen molar-refractivity contribution in [2.24, 2.45) is 0 Å². The zero-order valence-corrected chi connectivity index (χ0v) is 14.5. The minimum Gasteiger partial charge on any atom is -0.378 e. The van der Waals surface area contributed by atoms with Crippen LogP contribution < -0.4 is 9.80 Å². The highest BCUT2D eigenvalue weighted by Gasteiger charge is 2.33. The quantitative estimate of drug-likeness (QED) is 0.618. The SMILES string of the molecule is CN(C)c1ccc(C=C2SC(=S)N(c3ccccc3)C2=O)cc1. The van der Waals surface area contributed by atoms with E-state index in [0.717, 1.165) is 16.9 Å². The average molecular weight is 340 g/mol. The maximum absolute atomic E-state index is 12.6. The summed E-state index contributed by atoms with van der Waals surface area (Å²) in [6.07, 6.45) is 1.89. The summed E-state index contributed by atoms with van der Waals surface area (Å²) < 4.78 is 0.567. The van der Waals surface area contributed by atoms with Crippen molar-refractivity contribution in [2.45, 2.75) is 0 Å². The van der Waals surface area contributed by atoms with Gasteiger partial charge in [0.2, 0.25) is 0 Å². The third-order valence-electron chi connectivity index (χ3n) is 3.52. The fourth-order valence-corrected chi connectivity index (χ4v) is 3.59. The summed E-state index contributed by atoms with van der Waals surface area (Å²) in [5, 5.41) is 0. The minimum absolute atomic E-state index is 0.0668. The molecule has 0 atom stereocenters. The number of thioether (sulfide) groups is 1. The molecule has 1 heterocycles. The number of carbonyl (C=O) groups excluding carboxylic acids is 1. The molecule has 0 aromatic heterocycles. The van der Waals surface area contributed by atoms with Gasteiger partial charge in [-0.1, -0.05) is 54.3 Å². The molecule has 1 aliphatic rings. The molecule has 23 heavy (non-hydrogen) atoms. The minimum atomic E-state index is -0.0668. The van der Waals surface area contributed by atoms with Gasteiger partial charge in [-0.25, -0.2) is 0 Å². The maximum atomic E-state index is 12.6. The lowest BCUT2D eigenvalue weighted by atomic mass is 10.2. The first-order valence-electron chi connectivity index (χ1n) is 7.16. The first-order valence-corrected chi connectivity index (χ1v) is 8.39. The topological polar surface area (TPSA) is 23.6 Å². The van der Waals surface area contributed by atoms with Crippen LogP contribution in [0.4, 0.5) is 11.4 Å². The van der Waals surface area contributed by atoms with E-state index in [1.807, 2.05) is 79.7 Å². The number of nitrogens with zero attached hydrogens (tertiary/aromatic N) is 2. The van der Waals surface area contributed by atoms with Crippen molar-refractivity contribution >= 4 is 51.7 Å². The van der Waals surface area contributed by atoms with E-state index >= 15 is 0 Å². The lowest BCUT2D eigenvalue weighted by Crippen LogP contribution is -2.27. The normalized spacial score (nSPS) is 16.3. The van der Waals surface area contributed by atoms with Crippen molar-refractivity contribution in [3.05, 3.63) is 65.1 Å². The van der Waals surface area contributed by atoms with Crippen molar-refractivity contribution in [1.29, 1.82) is 0 Å². The van der Waals surface area contributed by atoms with Gasteiger partial charge in [0.05, 0.1) is 10.6 Å². The van der Waals surface area contributed by atoms with Gasteiger partial charge in [0, 0.05) is 19.8 Å². The molecule has 0 aliphatic carbocycles. The van der Waals surface area contributed by atoms with Crippen LogP contribution in [0.5, 0.6) is 0 Å². The molecule has 1 amide bonds. The van der Waals surface area contributed by atoms with Gasteiger partial charge in [0.25, 0.3) is 5.91 Å². The molecule has 2 aromatic carbocycles. The van der Waals surface area contributed by atoms with Crippen LogP contribution in [0.2, 0.25) is 0 Å². The monoisotopic (exact) mass is 340 g/mol. The van der Waals surface area contributed by atoms with Crippen LogP contribution >= 0.6 is 24.0 Å². The Morgan fingerprint density at radius 1 is 1.04 bits per heavy atom. The molecule has 3 nitrogen and oxygen atoms in total. The number of hydrogen-bond donors (Lipinski definition) is 0. The van der Waals surface area contributed by atoms with Gasteiger partial charge in [-0.2, -0.15) is 0 Å². The molecular formula is C18H16N2OS2. The van der Waals surface area contributed by atoms with Crippen molar-refractivity contribution in [3.63, 3.8) is 0 Å². The van der Waals surface area contributed by atoms with Gasteiger partial charge >= 0.3 is 0 Å². The summed E-state index contributed by atoms with van der Waals surface area (Å²) in [7, 11) is 4.00. The lowest BCUT2D eigenvalue weighted by Gasteiger charge is -2.13. The second kappa shape index (κ2) is 6.56. The largest absolute Gasteiger partial charge is 0.378 e. The number of amides is 1. The van der Waals surface area contributed by atoms with E-state index in [0.29, 0.717) is 9.23 Å². The molecule has 1 fully saturated rings. The van der Waals surface area contributed by atoms with Crippen molar-refractivity contribution in [2.75, 3.05) is 23.9 Å². The molecule has 0 radical (unpaired) electrons. The predicted octanol–water partition coefficient (Wildman–Crippen LogP) is 4.16. The average Bonchev–Trinajstić information content (AvgIpc) is 2.82. The molecule has 116 valence electrons. The summed E-state index contributed by atoms with van der Waals surface area (Å²) in [6.45, 7) is 0. The lowest BCUT2D eigenvalue weighted by molar-refractivity contribution is -0.113. The Bertz CT molecular complexity index is 767. The molecule has 0 saturated carbocycles. The predicted molar refractivity (Wildman–Crippen MR) is 103 cm³/mol. The fourth-order valence-electron chi connectivity index (χ4n) is 2.29. The third-order valence-corrected chi connectivity index (χ3v) is 4.82. The zero-order chi connectivity index (χ0) is 16.4. The summed E-state index contributed by atoms with van der Waals surface area (Å²) in [4.78, 5) is 16.9. The Labute approximate surface area is 145 Å². The van der Waals surface area contributed by atoms with Crippen LogP contribution in [0, 0.1) is 0 Å². The molecule has 2 aromatic rings. The fraction of sp³-hybridized carbons (Fsp3) is 0.111. The number of carbonyl (C=O) groups is 1. The molecule has 5 heteroatoms. The number of anilines is 2. The maximum Gasteiger partial charge on any atom is 0.270 e. The summed E-state index contributed by atoms with van der Waals surface area (Å²) >= 11 is 6.71. The van der Waals surface area contributed by atoms with E-state index < -0.39 is 0 Å². The Morgan fingerprint density at radius 3 is 2.30 bits per heavy atom. The van der Waals surface area contributed by atoms with Gasteiger partial charge in [-0.3, -0.25) is 9.69 Å². The third kappa shape index (κ3) is 3.30. The first kappa shape index (κ1) is 15.8. The molecule has 1 aliphatic heterocycles. The second-order valence-electron chi connectivity index (χ2n) is 5.34. The Balaban J connectivity index is 1.87. The van der Waals surface area contributed by atoms with E-state index in [1.54, 1.807) is 4.90 Å². The standard InChI is InChI=1S/C18H16N2OS2/c1-19(2)14-10-8-13(9-11-14)12-16-17(21)20(18(22)23-16)15-6-4-3-5-7-15/h3-12H,1-2H3. The first-order chi connectivity index (χ1) is 11.1. The highest BCUT2D eigenvalue weighted by atomic mass is 32.2. The zero-order valence-electron chi connectivity index (χ0n) is 12.9. The molecule has 0 bridgehead atoms. The van der Waals surface area contributed by atoms with Crippen LogP contribution in [-0.4, -0.2) is 24.3 Å². The Hall–Kier alpha value is -2.11. The van der Waals surface area contributed by atoms with E-state index in [4.69, 9.17) is 12.2 Å². The van der Waals surface area contributed by atoms with Crippen LogP contribution in [0.1, 0.15) is 5.56 Å². The molecule has 3 rings (SSSR count). The van der Waals surface area contributed by atoms with E-state index in [2.05, 4.69) is 0 Å². The molecule has 0 unspecified atom stereocenters. The summed E-state index contributed by atoms with van der Waals surface area (Å²) in [5.74, 6) is -0.0668. The van der Waals surface area contributed by atoms with E-state index in [-0.39, 0.29) is 5.91 Å². The number of thiocarbonyl (C=S) groups is 1. The number of benzene rings is 2. The van der Waals surface area contributed by atoms with Gasteiger partial charge in [-0.05, 0) is 35.9 Å². The molecule has 0 spiro atoms. The van der Waals surface area contributed by atoms with E-state index in [9.17, 15) is 4.79 Å². The van der Waals surface area contributed by atoms with E-state index in [1.165, 1.54) is 11.8 Å². The van der Waals surface area contributed by atoms with Crippen LogP contribution in [0.25, 0.3) is 6.08 Å². The number of rotatable bonds is 3. The van der Waals surface area contributed by atoms with Crippen LogP contribution in [0.3, 0.4) is 0 Å². The van der Waals surface area contributed by atoms with Gasteiger partial charge < -0.3 is 4.90 Å². The smallest absolute Gasteiger partial charge is 0.270 e. The number of para-hydroxylation sites is 1. The van der Waals surface area contributed by atoms with Gasteiger partial charge in [-0.15, -0.1) is 0 Å². The molecular weight excluding hydrogens is 324 g/mol. The second-order valence-corrected chi connectivity index (χ2v) is 7.01. The van der Waals surface area contributed by atoms with Crippen LogP contribution in [0.15, 0.2) is 59.5 Å². The van der Waals surface area contributed by atoms with Crippen molar-refractivity contribution < 1.29 is 4.79 Å². The molecule has 0 N–H and O–H groups in total. The van der Waals surface area contributed by atoms with Gasteiger partial charge in [0.1, 0.15) is 0 Å². The highest BCUT2D eigenvalue weighted by molar-refractivity contribution is 8.27. The summed E-state index contributed by atoms with van der Waals surface area (Å²) in [6, 6.07) is 17.6. The Morgan fingerprint density at radius 2 is 1.70 bits per heavy atom. The van der Waals surface area contributed by atoms with Crippen molar-refractivity contribution in [1.82, 2.24) is 0 Å². The Kier molecular flexibility index (Phi) is 4.50. The molecule has 1 saturated heterocycles. The van der Waals surface area contributed by atoms with Crippen molar-refractivity contribution in [3.8, 4) is 0 Å². The highest BCUT2D eigenvalue weighted by Crippen LogP contribution is 2.35. The van der Waals surface area contributed by atoms with Crippen LogP contribution in [-0.2, 0) is 4.79 Å². The van der Waals surface area contributed by atoms with Gasteiger partial charge in [0.15, 0.2) is 4.32 Å². The summed E-state index contributed by atoms with van der Waals surface area (Å²) in [5.41, 5.74) is 2.92. The number of hydrogen-bond acceptors (Lipinski definition) is 4.